The predicted molar refractivity (Wildman–Crippen MR) is 55.7 cm³/mol. The minimum Gasteiger partial charge on any atom is -0.392 e. The highest BCUT2D eigenvalue weighted by molar-refractivity contribution is 4.78. The fourth-order valence-electron chi connectivity index (χ4n) is 1.49. The van der Waals surface area contributed by atoms with Crippen LogP contribution in [0.5, 0.6) is 0 Å². The van der Waals surface area contributed by atoms with Crippen molar-refractivity contribution in [1.29, 1.82) is 0 Å². The van der Waals surface area contributed by atoms with Gasteiger partial charge in [0.25, 0.3) is 0 Å². The molecule has 0 spiro atoms. The maximum atomic E-state index is 9.56. The molecular weight excluding hydrogens is 162 g/mol. The second-order valence-corrected chi connectivity index (χ2v) is 4.80. The first-order chi connectivity index (χ1) is 6.09. The van der Waals surface area contributed by atoms with Gasteiger partial charge in [-0.05, 0) is 25.2 Å². The van der Waals surface area contributed by atoms with Gasteiger partial charge in [0, 0.05) is 12.6 Å². The lowest BCUT2D eigenvalue weighted by Crippen LogP contribution is -2.36. The molecule has 2 N–H and O–H groups in total. The van der Waals surface area contributed by atoms with Gasteiger partial charge in [0.1, 0.15) is 0 Å². The number of hydrogen-bond acceptors (Lipinski definition) is 2. The average molecular weight is 185 g/mol. The lowest BCUT2D eigenvalue weighted by Gasteiger charge is -2.19. The van der Waals surface area contributed by atoms with Crippen LogP contribution in [0.1, 0.15) is 40.0 Å². The first-order valence-electron chi connectivity index (χ1n) is 5.51. The van der Waals surface area contributed by atoms with E-state index in [0.29, 0.717) is 12.0 Å². The number of rotatable bonds is 6. The molecule has 1 aliphatic carbocycles. The number of hydrogen-bond donors (Lipinski definition) is 2. The third kappa shape index (κ3) is 4.63. The summed E-state index contributed by atoms with van der Waals surface area (Å²) in [4.78, 5) is 0. The summed E-state index contributed by atoms with van der Waals surface area (Å²) in [5.41, 5.74) is 0. The van der Waals surface area contributed by atoms with Crippen molar-refractivity contribution in [2.75, 3.05) is 6.54 Å². The Morgan fingerprint density at radius 1 is 1.31 bits per heavy atom. The van der Waals surface area contributed by atoms with Gasteiger partial charge in [-0.3, -0.25) is 0 Å². The Balaban J connectivity index is 2.02. The summed E-state index contributed by atoms with van der Waals surface area (Å²) in [6.07, 6.45) is 3.92. The molecule has 0 radical (unpaired) electrons. The zero-order valence-corrected chi connectivity index (χ0v) is 9.09. The van der Waals surface area contributed by atoms with E-state index in [1.165, 1.54) is 19.3 Å². The van der Waals surface area contributed by atoms with E-state index in [0.717, 1.165) is 12.5 Å². The Morgan fingerprint density at radius 2 is 1.92 bits per heavy atom. The van der Waals surface area contributed by atoms with Gasteiger partial charge < -0.3 is 10.4 Å². The molecule has 13 heavy (non-hydrogen) atoms. The first-order valence-corrected chi connectivity index (χ1v) is 5.51. The van der Waals surface area contributed by atoms with Crippen LogP contribution in [0.15, 0.2) is 0 Å². The Kier molecular flexibility index (Phi) is 4.20. The van der Waals surface area contributed by atoms with E-state index in [1.54, 1.807) is 0 Å². The summed E-state index contributed by atoms with van der Waals surface area (Å²) < 4.78 is 0. The van der Waals surface area contributed by atoms with Crippen molar-refractivity contribution in [1.82, 2.24) is 5.32 Å². The molecule has 0 heterocycles. The van der Waals surface area contributed by atoms with Crippen LogP contribution >= 0.6 is 0 Å². The summed E-state index contributed by atoms with van der Waals surface area (Å²) in [6.45, 7) is 7.06. The molecule has 0 bridgehead atoms. The first kappa shape index (κ1) is 11.0. The molecular formula is C11H23NO. The average Bonchev–Trinajstić information content (AvgIpc) is 2.83. The summed E-state index contributed by atoms with van der Waals surface area (Å²) >= 11 is 0. The van der Waals surface area contributed by atoms with Gasteiger partial charge in [-0.25, -0.2) is 0 Å². The lowest BCUT2D eigenvalue weighted by atomic mass is 10.1. The van der Waals surface area contributed by atoms with Crippen LogP contribution in [0.25, 0.3) is 0 Å². The molecule has 0 amide bonds. The molecule has 1 saturated carbocycles. The summed E-state index contributed by atoms with van der Waals surface area (Å²) in [5, 5.41) is 12.9. The highest BCUT2D eigenvalue weighted by Crippen LogP contribution is 2.33. The van der Waals surface area contributed by atoms with E-state index in [-0.39, 0.29) is 6.10 Å². The van der Waals surface area contributed by atoms with Crippen LogP contribution in [-0.2, 0) is 0 Å². The predicted octanol–water partition coefficient (Wildman–Crippen LogP) is 1.78. The van der Waals surface area contributed by atoms with Crippen LogP contribution in [-0.4, -0.2) is 23.8 Å². The zero-order chi connectivity index (χ0) is 9.84. The van der Waals surface area contributed by atoms with Gasteiger partial charge in [-0.2, -0.15) is 0 Å². The van der Waals surface area contributed by atoms with Crippen molar-refractivity contribution < 1.29 is 5.11 Å². The van der Waals surface area contributed by atoms with E-state index >= 15 is 0 Å². The standard InChI is InChI=1S/C11H23NO/c1-8(2)11(13)7-12-9(3)6-10-4-5-10/h8-13H,4-7H2,1-3H3. The van der Waals surface area contributed by atoms with Crippen LogP contribution in [0, 0.1) is 11.8 Å². The van der Waals surface area contributed by atoms with E-state index in [1.807, 2.05) is 0 Å². The largest absolute Gasteiger partial charge is 0.392 e. The van der Waals surface area contributed by atoms with Crippen molar-refractivity contribution in [3.05, 3.63) is 0 Å². The molecule has 0 saturated heterocycles. The fourth-order valence-corrected chi connectivity index (χ4v) is 1.49. The second-order valence-electron chi connectivity index (χ2n) is 4.80. The van der Waals surface area contributed by atoms with E-state index in [4.69, 9.17) is 0 Å². The Hall–Kier alpha value is -0.0800. The maximum Gasteiger partial charge on any atom is 0.0687 e. The van der Waals surface area contributed by atoms with Gasteiger partial charge in [0.15, 0.2) is 0 Å². The molecule has 1 rings (SSSR count). The van der Waals surface area contributed by atoms with E-state index < -0.39 is 0 Å². The van der Waals surface area contributed by atoms with E-state index in [2.05, 4.69) is 26.1 Å². The lowest BCUT2D eigenvalue weighted by molar-refractivity contribution is 0.120. The van der Waals surface area contributed by atoms with Crippen molar-refractivity contribution in [2.45, 2.75) is 52.2 Å². The molecule has 0 aromatic carbocycles. The fraction of sp³-hybridized carbons (Fsp3) is 1.00. The summed E-state index contributed by atoms with van der Waals surface area (Å²) in [7, 11) is 0. The quantitative estimate of drug-likeness (QED) is 0.661. The topological polar surface area (TPSA) is 32.3 Å². The van der Waals surface area contributed by atoms with Crippen molar-refractivity contribution >= 4 is 0 Å². The van der Waals surface area contributed by atoms with Gasteiger partial charge in [0.05, 0.1) is 6.10 Å². The SMILES string of the molecule is CC(CC1CC1)NCC(O)C(C)C. The smallest absolute Gasteiger partial charge is 0.0687 e. The molecule has 1 fully saturated rings. The molecule has 2 heteroatoms. The number of nitrogens with one attached hydrogen (secondary N) is 1. The Morgan fingerprint density at radius 3 is 2.38 bits per heavy atom. The van der Waals surface area contributed by atoms with E-state index in [9.17, 15) is 5.11 Å². The molecule has 0 aromatic rings. The normalized spacial score (nSPS) is 21.9. The molecule has 2 unspecified atom stereocenters. The van der Waals surface area contributed by atoms with Crippen LogP contribution in [0.4, 0.5) is 0 Å². The number of aliphatic hydroxyl groups is 1. The maximum absolute atomic E-state index is 9.56. The number of aliphatic hydroxyl groups excluding tert-OH is 1. The third-order valence-corrected chi connectivity index (χ3v) is 2.83. The molecule has 1 aliphatic rings. The highest BCUT2D eigenvalue weighted by atomic mass is 16.3. The van der Waals surface area contributed by atoms with Crippen molar-refractivity contribution in [3.63, 3.8) is 0 Å². The van der Waals surface area contributed by atoms with Crippen molar-refractivity contribution in [2.24, 2.45) is 11.8 Å². The Labute approximate surface area is 81.7 Å². The van der Waals surface area contributed by atoms with Gasteiger partial charge in [0.2, 0.25) is 0 Å². The van der Waals surface area contributed by atoms with Crippen LogP contribution in [0.2, 0.25) is 0 Å². The highest BCUT2D eigenvalue weighted by Gasteiger charge is 2.23. The second kappa shape index (κ2) is 4.97. The molecule has 0 aliphatic heterocycles. The monoisotopic (exact) mass is 185 g/mol. The molecule has 0 aromatic heterocycles. The van der Waals surface area contributed by atoms with Crippen LogP contribution in [0.3, 0.4) is 0 Å². The van der Waals surface area contributed by atoms with Gasteiger partial charge in [-0.1, -0.05) is 26.7 Å². The molecule has 78 valence electrons. The minimum atomic E-state index is -0.193. The molecule has 2 atom stereocenters. The van der Waals surface area contributed by atoms with Gasteiger partial charge >= 0.3 is 0 Å². The zero-order valence-electron chi connectivity index (χ0n) is 9.09. The van der Waals surface area contributed by atoms with Crippen LogP contribution < -0.4 is 5.32 Å². The molecule has 2 nitrogen and oxygen atoms in total. The van der Waals surface area contributed by atoms with Crippen molar-refractivity contribution in [3.8, 4) is 0 Å². The summed E-state index contributed by atoms with van der Waals surface area (Å²) in [5.74, 6) is 1.33. The third-order valence-electron chi connectivity index (χ3n) is 2.83. The van der Waals surface area contributed by atoms with Gasteiger partial charge in [-0.15, -0.1) is 0 Å². The minimum absolute atomic E-state index is 0.193. The Bertz CT molecular complexity index is 143. The summed E-state index contributed by atoms with van der Waals surface area (Å²) in [6, 6.07) is 0.570.